The van der Waals surface area contributed by atoms with Gasteiger partial charge in [0, 0.05) is 38.9 Å². The highest BCUT2D eigenvalue weighted by Crippen LogP contribution is 2.38. The van der Waals surface area contributed by atoms with Gasteiger partial charge >= 0.3 is 0 Å². The first-order valence-corrected chi connectivity index (χ1v) is 16.3. The first-order valence-electron chi connectivity index (χ1n) is 16.3. The highest BCUT2D eigenvalue weighted by molar-refractivity contribution is 6.14. The van der Waals surface area contributed by atoms with Gasteiger partial charge in [-0.2, -0.15) is 0 Å². The monoisotopic (exact) mass is 627 g/mol. The molecule has 0 fully saturated rings. The Morgan fingerprint density at radius 2 is 0.857 bits per heavy atom. The lowest BCUT2D eigenvalue weighted by molar-refractivity contribution is 1.11. The number of hydrogen-bond acceptors (Lipinski definition) is 4. The van der Waals surface area contributed by atoms with Crippen LogP contribution >= 0.6 is 0 Å². The highest BCUT2D eigenvalue weighted by Gasteiger charge is 2.21. The summed E-state index contributed by atoms with van der Waals surface area (Å²) in [6, 6.07) is 60.1. The summed E-state index contributed by atoms with van der Waals surface area (Å²) in [5.41, 5.74) is 10.5. The zero-order chi connectivity index (χ0) is 32.6. The molecule has 0 amide bonds. The number of rotatable bonds is 6. The Morgan fingerprint density at radius 1 is 0.367 bits per heavy atom. The van der Waals surface area contributed by atoms with Crippen LogP contribution in [0.4, 0.5) is 0 Å². The maximum atomic E-state index is 5.32. The summed E-state index contributed by atoms with van der Waals surface area (Å²) in [7, 11) is 0. The van der Waals surface area contributed by atoms with Gasteiger partial charge in [0.25, 0.3) is 0 Å². The van der Waals surface area contributed by atoms with Gasteiger partial charge in [0.1, 0.15) is 5.65 Å². The van der Waals surface area contributed by atoms with Gasteiger partial charge in [0.05, 0.1) is 28.0 Å². The molecular formula is C44H29N5. The molecule has 5 nitrogen and oxygen atoms in total. The third-order valence-electron chi connectivity index (χ3n) is 8.82. The maximum absolute atomic E-state index is 5.32. The fourth-order valence-electron chi connectivity index (χ4n) is 6.51. The zero-order valence-corrected chi connectivity index (χ0v) is 26.5. The number of nitrogens with zero attached hydrogens (tertiary/aromatic N) is 5. The van der Waals surface area contributed by atoms with Crippen LogP contribution in [0.25, 0.3) is 84.2 Å². The molecule has 0 unspecified atom stereocenters. The van der Waals surface area contributed by atoms with Crippen LogP contribution in [-0.2, 0) is 0 Å². The summed E-state index contributed by atoms with van der Waals surface area (Å²) in [5.74, 6) is 1.28. The maximum Gasteiger partial charge on any atom is 0.162 e. The van der Waals surface area contributed by atoms with Gasteiger partial charge in [-0.3, -0.25) is 4.57 Å². The number of benzene rings is 6. The molecule has 3 aromatic heterocycles. The van der Waals surface area contributed by atoms with Crippen LogP contribution in [0.3, 0.4) is 0 Å². The molecule has 9 rings (SSSR count). The van der Waals surface area contributed by atoms with E-state index in [-0.39, 0.29) is 0 Å². The van der Waals surface area contributed by atoms with Gasteiger partial charge in [-0.05, 0) is 30.3 Å². The van der Waals surface area contributed by atoms with Crippen LogP contribution in [0, 0.1) is 0 Å². The minimum atomic E-state index is 0.635. The van der Waals surface area contributed by atoms with E-state index < -0.39 is 0 Å². The number of fused-ring (bicyclic) bond motifs is 3. The van der Waals surface area contributed by atoms with E-state index >= 15 is 0 Å². The van der Waals surface area contributed by atoms with E-state index in [1.807, 2.05) is 54.6 Å². The molecule has 0 N–H and O–H groups in total. The van der Waals surface area contributed by atoms with E-state index in [9.17, 15) is 0 Å². The van der Waals surface area contributed by atoms with E-state index in [1.165, 1.54) is 0 Å². The molecule has 9 aromatic rings. The van der Waals surface area contributed by atoms with Gasteiger partial charge in [-0.1, -0.05) is 146 Å². The molecule has 5 heteroatoms. The molecule has 0 aliphatic rings. The van der Waals surface area contributed by atoms with E-state index in [0.717, 1.165) is 72.5 Å². The van der Waals surface area contributed by atoms with Crippen molar-refractivity contribution in [2.24, 2.45) is 0 Å². The molecule has 0 radical (unpaired) electrons. The van der Waals surface area contributed by atoms with Crippen molar-refractivity contribution in [2.75, 3.05) is 0 Å². The summed E-state index contributed by atoms with van der Waals surface area (Å²) in [5, 5.41) is 2.14. The van der Waals surface area contributed by atoms with Crippen molar-refractivity contribution in [3.05, 3.63) is 176 Å². The zero-order valence-electron chi connectivity index (χ0n) is 26.5. The van der Waals surface area contributed by atoms with Gasteiger partial charge < -0.3 is 0 Å². The second-order valence-electron chi connectivity index (χ2n) is 11.9. The predicted octanol–water partition coefficient (Wildman–Crippen LogP) is 10.7. The third-order valence-corrected chi connectivity index (χ3v) is 8.82. The molecular weight excluding hydrogens is 599 g/mol. The van der Waals surface area contributed by atoms with Gasteiger partial charge in [0.15, 0.2) is 11.6 Å². The average Bonchev–Trinajstić information content (AvgIpc) is 3.53. The fourth-order valence-corrected chi connectivity index (χ4v) is 6.51. The quantitative estimate of drug-likeness (QED) is 0.184. The Morgan fingerprint density at radius 3 is 1.47 bits per heavy atom. The molecule has 0 saturated carbocycles. The molecule has 0 bridgehead atoms. The summed E-state index contributed by atoms with van der Waals surface area (Å²) < 4.78 is 2.24. The van der Waals surface area contributed by atoms with Gasteiger partial charge in [-0.25, -0.2) is 19.9 Å². The van der Waals surface area contributed by atoms with Crippen molar-refractivity contribution in [1.82, 2.24) is 24.5 Å². The van der Waals surface area contributed by atoms with E-state index in [4.69, 9.17) is 19.9 Å². The summed E-state index contributed by atoms with van der Waals surface area (Å²) in [6.07, 6.45) is 0. The summed E-state index contributed by atoms with van der Waals surface area (Å²) in [4.78, 5) is 20.8. The van der Waals surface area contributed by atoms with Crippen LogP contribution in [0.2, 0.25) is 0 Å². The standard InChI is InChI=1S/C44H29N5/c1-5-16-30(17-6-1)37-29-38(31-18-7-2-8-19-31)46-42(45-37)33-22-15-23-34(28-33)43-47-41(32-20-9-3-10-21-32)40-36-26-13-14-27-39(36)49(44(40)48-43)35-24-11-4-12-25-35/h1-29H. The molecule has 0 atom stereocenters. The lowest BCUT2D eigenvalue weighted by Gasteiger charge is -2.12. The third kappa shape index (κ3) is 5.24. The normalized spacial score (nSPS) is 11.3. The molecule has 230 valence electrons. The molecule has 0 spiro atoms. The molecule has 0 aliphatic heterocycles. The molecule has 49 heavy (non-hydrogen) atoms. The SMILES string of the molecule is c1ccc(-c2cc(-c3ccccc3)nc(-c3cccc(-c4nc(-c5ccccc5)c5c6ccccc6n(-c6ccccc6)c5n4)c3)n2)cc1. The molecule has 6 aromatic carbocycles. The van der Waals surface area contributed by atoms with Crippen LogP contribution in [-0.4, -0.2) is 24.5 Å². The highest BCUT2D eigenvalue weighted by atomic mass is 15.1. The van der Waals surface area contributed by atoms with Gasteiger partial charge in [0.2, 0.25) is 0 Å². The summed E-state index contributed by atoms with van der Waals surface area (Å²) >= 11 is 0. The van der Waals surface area contributed by atoms with Crippen LogP contribution in [0.15, 0.2) is 176 Å². The van der Waals surface area contributed by atoms with E-state index in [0.29, 0.717) is 11.6 Å². The lowest BCUT2D eigenvalue weighted by atomic mass is 10.0. The van der Waals surface area contributed by atoms with Crippen molar-refractivity contribution in [2.45, 2.75) is 0 Å². The minimum Gasteiger partial charge on any atom is -0.294 e. The summed E-state index contributed by atoms with van der Waals surface area (Å²) in [6.45, 7) is 0. The second-order valence-corrected chi connectivity index (χ2v) is 11.9. The largest absolute Gasteiger partial charge is 0.294 e. The van der Waals surface area contributed by atoms with Crippen molar-refractivity contribution < 1.29 is 0 Å². The van der Waals surface area contributed by atoms with Crippen molar-refractivity contribution >= 4 is 21.9 Å². The Labute approximate surface area is 283 Å². The van der Waals surface area contributed by atoms with Crippen LogP contribution in [0.1, 0.15) is 0 Å². The number of hydrogen-bond donors (Lipinski definition) is 0. The van der Waals surface area contributed by atoms with E-state index in [2.05, 4.69) is 126 Å². The van der Waals surface area contributed by atoms with Gasteiger partial charge in [-0.15, -0.1) is 0 Å². The van der Waals surface area contributed by atoms with E-state index in [1.54, 1.807) is 0 Å². The van der Waals surface area contributed by atoms with Crippen molar-refractivity contribution in [3.8, 4) is 62.2 Å². The number of aromatic nitrogens is 5. The lowest BCUT2D eigenvalue weighted by Crippen LogP contribution is -2.00. The van der Waals surface area contributed by atoms with Crippen molar-refractivity contribution in [3.63, 3.8) is 0 Å². The first-order chi connectivity index (χ1) is 24.3. The average molecular weight is 628 g/mol. The van der Waals surface area contributed by atoms with Crippen LogP contribution in [0.5, 0.6) is 0 Å². The molecule has 0 aliphatic carbocycles. The topological polar surface area (TPSA) is 56.5 Å². The predicted molar refractivity (Wildman–Crippen MR) is 199 cm³/mol. The Balaban J connectivity index is 1.27. The Bertz CT molecular complexity index is 2520. The second kappa shape index (κ2) is 12.1. The first kappa shape index (κ1) is 28.5. The fraction of sp³-hybridized carbons (Fsp3) is 0. The molecule has 3 heterocycles. The number of para-hydroxylation sites is 2. The Kier molecular flexibility index (Phi) is 7.06. The minimum absolute atomic E-state index is 0.635. The van der Waals surface area contributed by atoms with Crippen LogP contribution < -0.4 is 0 Å². The smallest absolute Gasteiger partial charge is 0.162 e. The van der Waals surface area contributed by atoms with Crippen molar-refractivity contribution in [1.29, 1.82) is 0 Å². The Hall–Kier alpha value is -6.72. The molecule has 0 saturated heterocycles.